The highest BCUT2D eigenvalue weighted by atomic mass is 32.2. The summed E-state index contributed by atoms with van der Waals surface area (Å²) in [4.78, 5) is 10.4. The van der Waals surface area contributed by atoms with Crippen LogP contribution in [-0.2, 0) is 0 Å². The SMILES string of the molecule is CSN(SC)C(=O)S. The Hall–Kier alpha value is 0.520. The first-order valence-electron chi connectivity index (χ1n) is 1.83. The van der Waals surface area contributed by atoms with Crippen LogP contribution in [-0.4, -0.2) is 21.5 Å². The van der Waals surface area contributed by atoms with Gasteiger partial charge in [0, 0.05) is 12.5 Å². The summed E-state index contributed by atoms with van der Waals surface area (Å²) >= 11 is 6.30. The number of carbonyl (C=O) groups excluding carboxylic acids is 1. The molecule has 0 saturated carbocycles. The topological polar surface area (TPSA) is 20.3 Å². The zero-order chi connectivity index (χ0) is 6.57. The van der Waals surface area contributed by atoms with Crippen molar-refractivity contribution < 1.29 is 4.79 Å². The Kier molecular flexibility index (Phi) is 4.69. The fourth-order valence-corrected chi connectivity index (χ4v) is 1.63. The molecule has 0 aliphatic carbocycles. The molecular weight excluding hydrogens is 162 g/mol. The largest absolute Gasteiger partial charge is 0.298 e. The zero-order valence-corrected chi connectivity index (χ0v) is 7.15. The van der Waals surface area contributed by atoms with Gasteiger partial charge in [-0.25, -0.2) is 3.71 Å². The fraction of sp³-hybridized carbons (Fsp3) is 0.667. The summed E-state index contributed by atoms with van der Waals surface area (Å²) in [6, 6.07) is 0. The number of hydrogen-bond acceptors (Lipinski definition) is 3. The minimum atomic E-state index is -0.218. The monoisotopic (exact) mass is 169 g/mol. The average molecular weight is 169 g/mol. The highest BCUT2D eigenvalue weighted by Crippen LogP contribution is 2.17. The molecule has 0 atom stereocenters. The summed E-state index contributed by atoms with van der Waals surface area (Å²) in [6.07, 6.45) is 3.65. The summed E-state index contributed by atoms with van der Waals surface area (Å²) < 4.78 is 1.48. The molecule has 0 aromatic rings. The van der Waals surface area contributed by atoms with Gasteiger partial charge in [0.1, 0.15) is 0 Å². The van der Waals surface area contributed by atoms with Crippen molar-refractivity contribution in [3.05, 3.63) is 0 Å². The predicted octanol–water partition coefficient (Wildman–Crippen LogP) is 1.89. The van der Waals surface area contributed by atoms with E-state index in [-0.39, 0.29) is 5.24 Å². The number of hydrogen-bond donors (Lipinski definition) is 1. The summed E-state index contributed by atoms with van der Waals surface area (Å²) in [5.41, 5.74) is 0. The normalized spacial score (nSPS) is 8.88. The second kappa shape index (κ2) is 4.40. The third-order valence-corrected chi connectivity index (χ3v) is 2.85. The molecule has 48 valence electrons. The molecule has 1 amide bonds. The predicted molar refractivity (Wildman–Crippen MR) is 43.3 cm³/mol. The van der Waals surface area contributed by atoms with Gasteiger partial charge in [-0.05, 0) is 23.9 Å². The highest BCUT2D eigenvalue weighted by molar-refractivity contribution is 8.14. The van der Waals surface area contributed by atoms with Crippen LogP contribution in [0.2, 0.25) is 0 Å². The van der Waals surface area contributed by atoms with Crippen LogP contribution in [0.3, 0.4) is 0 Å². The van der Waals surface area contributed by atoms with Crippen LogP contribution in [0, 0.1) is 0 Å². The molecule has 0 aromatic heterocycles. The molecule has 0 aliphatic heterocycles. The molecular formula is C3H7NOS3. The molecule has 0 heterocycles. The standard InChI is InChI=1S/C3H7NOS3/c1-7-4(8-2)3(5)6/h1-2H3,(H,5,6). The average Bonchev–Trinajstić information content (AvgIpc) is 1.69. The molecule has 0 unspecified atom stereocenters. The van der Waals surface area contributed by atoms with Gasteiger partial charge in [-0.3, -0.25) is 4.79 Å². The Balaban J connectivity index is 3.52. The lowest BCUT2D eigenvalue weighted by Crippen LogP contribution is -2.06. The van der Waals surface area contributed by atoms with Crippen molar-refractivity contribution in [3.8, 4) is 0 Å². The van der Waals surface area contributed by atoms with E-state index in [0.717, 1.165) is 0 Å². The maximum atomic E-state index is 10.4. The Morgan fingerprint density at radius 3 is 1.88 bits per heavy atom. The molecule has 0 fully saturated rings. The molecule has 0 rings (SSSR count). The third-order valence-electron chi connectivity index (χ3n) is 0.488. The molecule has 0 spiro atoms. The molecule has 0 saturated heterocycles. The smallest absolute Gasteiger partial charge is 0.260 e. The minimum absolute atomic E-state index is 0.218. The number of amides is 1. The van der Waals surface area contributed by atoms with Gasteiger partial charge >= 0.3 is 0 Å². The molecule has 0 radical (unpaired) electrons. The fourth-order valence-electron chi connectivity index (χ4n) is 0.231. The van der Waals surface area contributed by atoms with Crippen LogP contribution in [0.5, 0.6) is 0 Å². The van der Waals surface area contributed by atoms with Gasteiger partial charge < -0.3 is 0 Å². The van der Waals surface area contributed by atoms with Crippen LogP contribution < -0.4 is 0 Å². The maximum Gasteiger partial charge on any atom is 0.298 e. The van der Waals surface area contributed by atoms with E-state index in [2.05, 4.69) is 12.6 Å². The van der Waals surface area contributed by atoms with Gasteiger partial charge in [-0.2, -0.15) is 0 Å². The molecule has 0 N–H and O–H groups in total. The van der Waals surface area contributed by atoms with E-state index >= 15 is 0 Å². The van der Waals surface area contributed by atoms with E-state index in [1.165, 1.54) is 27.6 Å². The summed E-state index contributed by atoms with van der Waals surface area (Å²) in [5.74, 6) is 0. The van der Waals surface area contributed by atoms with Gasteiger partial charge in [0.05, 0.1) is 0 Å². The second-order valence-electron chi connectivity index (χ2n) is 0.905. The maximum absolute atomic E-state index is 10.4. The van der Waals surface area contributed by atoms with Crippen molar-refractivity contribution in [2.45, 2.75) is 0 Å². The van der Waals surface area contributed by atoms with Crippen LogP contribution in [0.4, 0.5) is 4.79 Å². The van der Waals surface area contributed by atoms with E-state index in [0.29, 0.717) is 0 Å². The lowest BCUT2D eigenvalue weighted by atomic mass is 11.4. The molecule has 0 aliphatic rings. The van der Waals surface area contributed by atoms with Crippen molar-refractivity contribution in [1.82, 2.24) is 3.71 Å². The molecule has 0 aromatic carbocycles. The number of nitrogens with zero attached hydrogens (tertiary/aromatic N) is 1. The van der Waals surface area contributed by atoms with E-state index < -0.39 is 0 Å². The quantitative estimate of drug-likeness (QED) is 0.503. The van der Waals surface area contributed by atoms with E-state index in [4.69, 9.17) is 0 Å². The van der Waals surface area contributed by atoms with Gasteiger partial charge in [0.2, 0.25) is 0 Å². The summed E-state index contributed by atoms with van der Waals surface area (Å²) in [5, 5.41) is -0.218. The Morgan fingerprint density at radius 2 is 1.88 bits per heavy atom. The molecule has 5 heteroatoms. The molecule has 8 heavy (non-hydrogen) atoms. The van der Waals surface area contributed by atoms with Gasteiger partial charge in [-0.1, -0.05) is 12.6 Å². The van der Waals surface area contributed by atoms with Crippen molar-refractivity contribution in [1.29, 1.82) is 0 Å². The zero-order valence-electron chi connectivity index (χ0n) is 4.62. The first-order valence-corrected chi connectivity index (χ1v) is 4.64. The van der Waals surface area contributed by atoms with Crippen molar-refractivity contribution in [2.75, 3.05) is 12.5 Å². The van der Waals surface area contributed by atoms with E-state index in [1.807, 2.05) is 12.5 Å². The first-order chi connectivity index (χ1) is 3.72. The van der Waals surface area contributed by atoms with Crippen LogP contribution in [0.25, 0.3) is 0 Å². The van der Waals surface area contributed by atoms with Crippen LogP contribution in [0.15, 0.2) is 0 Å². The van der Waals surface area contributed by atoms with Crippen molar-refractivity contribution in [2.24, 2.45) is 0 Å². The first kappa shape index (κ1) is 8.52. The Bertz CT molecular complexity index is 82.6. The van der Waals surface area contributed by atoms with Crippen molar-refractivity contribution in [3.63, 3.8) is 0 Å². The van der Waals surface area contributed by atoms with Gasteiger partial charge in [-0.15, -0.1) is 0 Å². The summed E-state index contributed by atoms with van der Waals surface area (Å²) in [6.45, 7) is 0. The lowest BCUT2D eigenvalue weighted by molar-refractivity contribution is 0.259. The van der Waals surface area contributed by atoms with Gasteiger partial charge in [0.25, 0.3) is 5.24 Å². The highest BCUT2D eigenvalue weighted by Gasteiger charge is 2.03. The van der Waals surface area contributed by atoms with Crippen LogP contribution >= 0.6 is 36.5 Å². The van der Waals surface area contributed by atoms with E-state index in [1.54, 1.807) is 0 Å². The van der Waals surface area contributed by atoms with Gasteiger partial charge in [0.15, 0.2) is 0 Å². The molecule has 0 bridgehead atoms. The van der Waals surface area contributed by atoms with E-state index in [9.17, 15) is 4.79 Å². The molecule has 2 nitrogen and oxygen atoms in total. The Labute approximate surface area is 63.1 Å². The number of rotatable bonds is 2. The van der Waals surface area contributed by atoms with Crippen molar-refractivity contribution >= 4 is 41.8 Å². The number of thiol groups is 1. The lowest BCUT2D eigenvalue weighted by Gasteiger charge is -2.10. The third kappa shape index (κ3) is 2.74. The summed E-state index contributed by atoms with van der Waals surface area (Å²) in [7, 11) is 0. The Morgan fingerprint density at radius 1 is 1.50 bits per heavy atom. The second-order valence-corrected chi connectivity index (χ2v) is 2.98. The number of carbonyl (C=O) groups is 1. The van der Waals surface area contributed by atoms with Crippen LogP contribution in [0.1, 0.15) is 0 Å². The minimum Gasteiger partial charge on any atom is -0.260 e.